The van der Waals surface area contributed by atoms with Crippen LogP contribution in [0.15, 0.2) is 54.6 Å². The van der Waals surface area contributed by atoms with Crippen LogP contribution in [0, 0.1) is 10.1 Å². The van der Waals surface area contributed by atoms with Gasteiger partial charge in [0.1, 0.15) is 6.10 Å². The zero-order valence-electron chi connectivity index (χ0n) is 13.3. The molecule has 0 saturated carbocycles. The molecule has 1 heterocycles. The van der Waals surface area contributed by atoms with E-state index in [1.807, 2.05) is 6.07 Å². The van der Waals surface area contributed by atoms with E-state index < -0.39 is 22.9 Å². The Hall–Kier alpha value is -2.57. The quantitative estimate of drug-likeness (QED) is 0.486. The molecule has 2 aromatic carbocycles. The van der Waals surface area contributed by atoms with Crippen molar-refractivity contribution < 1.29 is 19.2 Å². The molecule has 1 saturated heterocycles. The van der Waals surface area contributed by atoms with Crippen LogP contribution >= 0.6 is 0 Å². The zero-order chi connectivity index (χ0) is 17.3. The van der Waals surface area contributed by atoms with Crippen molar-refractivity contribution in [2.24, 2.45) is 0 Å². The second-order valence-corrected chi connectivity index (χ2v) is 6.06. The van der Waals surface area contributed by atoms with Crippen LogP contribution in [0.4, 0.5) is 5.69 Å². The lowest BCUT2D eigenvalue weighted by molar-refractivity contribution is -0.385. The Morgan fingerprint density at radius 2 is 1.79 bits per heavy atom. The Bertz CT molecular complexity index is 772. The molecule has 0 aliphatic carbocycles. The fourth-order valence-electron chi connectivity index (χ4n) is 2.78. The molecule has 0 spiro atoms. The lowest BCUT2D eigenvalue weighted by atomic mass is 9.97. The second-order valence-electron chi connectivity index (χ2n) is 6.06. The molecule has 0 amide bonds. The monoisotopic (exact) mass is 327 g/mol. The fraction of sp³-hybridized carbons (Fsp3) is 0.278. The first-order valence-corrected chi connectivity index (χ1v) is 7.57. The van der Waals surface area contributed by atoms with Crippen molar-refractivity contribution in [3.8, 4) is 0 Å². The highest BCUT2D eigenvalue weighted by molar-refractivity contribution is 6.00. The molecule has 0 bridgehead atoms. The number of carbonyl (C=O) groups excluding carboxylic acids is 1. The van der Waals surface area contributed by atoms with Gasteiger partial charge in [0.2, 0.25) is 0 Å². The van der Waals surface area contributed by atoms with Crippen molar-refractivity contribution >= 4 is 11.5 Å². The largest absolute Gasteiger partial charge is 0.339 e. The van der Waals surface area contributed by atoms with Crippen LogP contribution in [0.1, 0.15) is 35.9 Å². The third kappa shape index (κ3) is 3.20. The Labute approximate surface area is 139 Å². The van der Waals surface area contributed by atoms with Crippen LogP contribution in [-0.4, -0.2) is 22.6 Å². The van der Waals surface area contributed by atoms with Gasteiger partial charge in [-0.25, -0.2) is 0 Å². The van der Waals surface area contributed by atoms with Crippen molar-refractivity contribution in [3.63, 3.8) is 0 Å². The number of rotatable bonds is 4. The maximum atomic E-state index is 12.8. The smallest absolute Gasteiger partial charge is 0.269 e. The summed E-state index contributed by atoms with van der Waals surface area (Å²) >= 11 is 0. The van der Waals surface area contributed by atoms with E-state index in [1.54, 1.807) is 50.2 Å². The topological polar surface area (TPSA) is 78.7 Å². The van der Waals surface area contributed by atoms with Gasteiger partial charge in [-0.1, -0.05) is 42.5 Å². The number of ether oxygens (including phenoxy) is 2. The third-order valence-electron chi connectivity index (χ3n) is 3.82. The van der Waals surface area contributed by atoms with Crippen LogP contribution in [0.25, 0.3) is 0 Å². The number of hydrogen-bond acceptors (Lipinski definition) is 5. The number of nitro groups is 1. The first kappa shape index (κ1) is 16.3. The van der Waals surface area contributed by atoms with E-state index in [0.717, 1.165) is 0 Å². The molecule has 1 aliphatic heterocycles. The minimum atomic E-state index is -0.954. The average Bonchev–Trinajstić information content (AvgIpc) is 2.91. The highest BCUT2D eigenvalue weighted by Gasteiger charge is 2.46. The number of benzene rings is 2. The standard InChI is InChI=1S/C18H17NO5/c1-18(2)23-16(13-9-6-10-14(11-13)19(21)22)17(24-18)15(20)12-7-4-3-5-8-12/h3-11,16-17H,1-2H3/t16-,17+/m0/s1. The Morgan fingerprint density at radius 3 is 2.46 bits per heavy atom. The molecule has 6 nitrogen and oxygen atoms in total. The van der Waals surface area contributed by atoms with Crippen molar-refractivity contribution in [3.05, 3.63) is 75.8 Å². The summed E-state index contributed by atoms with van der Waals surface area (Å²) in [5.41, 5.74) is 1.01. The summed E-state index contributed by atoms with van der Waals surface area (Å²) < 4.78 is 11.6. The van der Waals surface area contributed by atoms with Crippen molar-refractivity contribution in [2.45, 2.75) is 31.8 Å². The van der Waals surface area contributed by atoms with E-state index in [-0.39, 0.29) is 11.5 Å². The summed E-state index contributed by atoms with van der Waals surface area (Å²) in [6, 6.07) is 14.9. The van der Waals surface area contributed by atoms with E-state index in [4.69, 9.17) is 9.47 Å². The number of Topliss-reactive ketones (excluding diaryl/α,β-unsaturated/α-hetero) is 1. The van der Waals surface area contributed by atoms with Gasteiger partial charge in [0.25, 0.3) is 5.69 Å². The molecule has 124 valence electrons. The summed E-state index contributed by atoms with van der Waals surface area (Å²) in [6.45, 7) is 3.44. The number of ketones is 1. The SMILES string of the molecule is CC1(C)O[C@H](C(=O)c2ccccc2)[C@H](c2cccc([N+](=O)[O-])c2)O1. The van der Waals surface area contributed by atoms with E-state index in [2.05, 4.69) is 0 Å². The summed E-state index contributed by atoms with van der Waals surface area (Å²) in [6.07, 6.45) is -1.56. The lowest BCUT2D eigenvalue weighted by Crippen LogP contribution is -2.28. The molecule has 2 aromatic rings. The van der Waals surface area contributed by atoms with Gasteiger partial charge in [-0.3, -0.25) is 14.9 Å². The van der Waals surface area contributed by atoms with Crippen LogP contribution in [0.5, 0.6) is 0 Å². The van der Waals surface area contributed by atoms with Gasteiger partial charge in [-0.15, -0.1) is 0 Å². The van der Waals surface area contributed by atoms with Gasteiger partial charge in [0.15, 0.2) is 17.7 Å². The molecule has 0 radical (unpaired) electrons. The van der Waals surface area contributed by atoms with E-state index >= 15 is 0 Å². The predicted octanol–water partition coefficient (Wildman–Crippen LogP) is 3.67. The molecule has 1 aliphatic rings. The van der Waals surface area contributed by atoms with Gasteiger partial charge >= 0.3 is 0 Å². The normalized spacial score (nSPS) is 22.2. The molecule has 24 heavy (non-hydrogen) atoms. The van der Waals surface area contributed by atoms with Crippen LogP contribution < -0.4 is 0 Å². The highest BCUT2D eigenvalue weighted by atomic mass is 16.8. The molecule has 1 fully saturated rings. The molecule has 0 N–H and O–H groups in total. The van der Waals surface area contributed by atoms with Crippen molar-refractivity contribution in [1.82, 2.24) is 0 Å². The van der Waals surface area contributed by atoms with E-state index in [0.29, 0.717) is 11.1 Å². The van der Waals surface area contributed by atoms with Crippen LogP contribution in [0.3, 0.4) is 0 Å². The van der Waals surface area contributed by atoms with Gasteiger partial charge in [0.05, 0.1) is 4.92 Å². The lowest BCUT2D eigenvalue weighted by Gasteiger charge is -2.16. The summed E-state index contributed by atoms with van der Waals surface area (Å²) in [5, 5.41) is 11.0. The Balaban J connectivity index is 1.97. The Morgan fingerprint density at radius 1 is 1.08 bits per heavy atom. The maximum Gasteiger partial charge on any atom is 0.269 e. The second kappa shape index (κ2) is 6.14. The van der Waals surface area contributed by atoms with Crippen molar-refractivity contribution in [2.75, 3.05) is 0 Å². The van der Waals surface area contributed by atoms with Gasteiger partial charge < -0.3 is 9.47 Å². The fourth-order valence-corrected chi connectivity index (χ4v) is 2.78. The number of hydrogen-bond donors (Lipinski definition) is 0. The third-order valence-corrected chi connectivity index (χ3v) is 3.82. The van der Waals surface area contributed by atoms with Crippen LogP contribution in [0.2, 0.25) is 0 Å². The summed E-state index contributed by atoms with van der Waals surface area (Å²) in [5.74, 6) is -1.16. The minimum absolute atomic E-state index is 0.0493. The predicted molar refractivity (Wildman–Crippen MR) is 86.6 cm³/mol. The molecule has 6 heteroatoms. The summed E-state index contributed by atoms with van der Waals surface area (Å²) in [7, 11) is 0. The maximum absolute atomic E-state index is 12.8. The van der Waals surface area contributed by atoms with Gasteiger partial charge in [-0.2, -0.15) is 0 Å². The number of nitrogens with zero attached hydrogens (tertiary/aromatic N) is 1. The highest BCUT2D eigenvalue weighted by Crippen LogP contribution is 2.40. The number of nitro benzene ring substituents is 1. The Kier molecular flexibility index (Phi) is 4.17. The number of non-ortho nitro benzene ring substituents is 1. The van der Waals surface area contributed by atoms with Crippen LogP contribution in [-0.2, 0) is 9.47 Å². The first-order valence-electron chi connectivity index (χ1n) is 7.57. The zero-order valence-corrected chi connectivity index (χ0v) is 13.3. The molecular formula is C18H17NO5. The molecule has 0 aromatic heterocycles. The van der Waals surface area contributed by atoms with Gasteiger partial charge in [0, 0.05) is 17.7 Å². The molecule has 2 atom stereocenters. The molecule has 0 unspecified atom stereocenters. The van der Waals surface area contributed by atoms with E-state index in [1.165, 1.54) is 12.1 Å². The van der Waals surface area contributed by atoms with Gasteiger partial charge in [-0.05, 0) is 19.4 Å². The molecular weight excluding hydrogens is 310 g/mol. The summed E-state index contributed by atoms with van der Waals surface area (Å²) in [4.78, 5) is 23.3. The van der Waals surface area contributed by atoms with Crippen molar-refractivity contribution in [1.29, 1.82) is 0 Å². The van der Waals surface area contributed by atoms with E-state index in [9.17, 15) is 14.9 Å². The first-order chi connectivity index (χ1) is 11.4. The minimum Gasteiger partial charge on any atom is -0.339 e. The molecule has 3 rings (SSSR count). The number of carbonyl (C=O) groups is 1. The average molecular weight is 327 g/mol.